The number of nitrogens with two attached hydrogens (primary N) is 1. The van der Waals surface area contributed by atoms with Gasteiger partial charge in [-0.05, 0) is 29.5 Å². The highest BCUT2D eigenvalue weighted by atomic mass is 16.5. The lowest BCUT2D eigenvalue weighted by molar-refractivity contribution is -0.119. The van der Waals surface area contributed by atoms with Crippen molar-refractivity contribution in [3.05, 3.63) is 46.6 Å². The van der Waals surface area contributed by atoms with Crippen molar-refractivity contribution in [3.8, 4) is 17.6 Å². The Kier molecular flexibility index (Phi) is 5.88. The second-order valence-corrected chi connectivity index (χ2v) is 8.31. The molecule has 0 radical (unpaired) electrons. The van der Waals surface area contributed by atoms with Crippen molar-refractivity contribution in [2.45, 2.75) is 52.4 Å². The van der Waals surface area contributed by atoms with Crippen molar-refractivity contribution < 1.29 is 19.0 Å². The summed E-state index contributed by atoms with van der Waals surface area (Å²) in [6.07, 6.45) is 2.98. The lowest BCUT2D eigenvalue weighted by Crippen LogP contribution is -2.33. The Labute approximate surface area is 171 Å². The Morgan fingerprint density at radius 1 is 1.31 bits per heavy atom. The van der Waals surface area contributed by atoms with Crippen LogP contribution in [-0.2, 0) is 9.53 Å². The highest BCUT2D eigenvalue weighted by Gasteiger charge is 2.43. The van der Waals surface area contributed by atoms with Gasteiger partial charge in [-0.3, -0.25) is 4.79 Å². The number of carbonyl (C=O) groups is 1. The van der Waals surface area contributed by atoms with E-state index < -0.39 is 5.92 Å². The summed E-state index contributed by atoms with van der Waals surface area (Å²) >= 11 is 0. The van der Waals surface area contributed by atoms with Gasteiger partial charge in [0.1, 0.15) is 17.4 Å². The van der Waals surface area contributed by atoms with Crippen LogP contribution in [0, 0.1) is 16.7 Å². The fourth-order valence-electron chi connectivity index (χ4n) is 3.93. The van der Waals surface area contributed by atoms with Crippen LogP contribution in [0.1, 0.15) is 57.9 Å². The van der Waals surface area contributed by atoms with Gasteiger partial charge in [0.25, 0.3) is 0 Å². The number of nitrogens with zero attached hydrogens (tertiary/aromatic N) is 1. The number of unbranched alkanes of at least 4 members (excludes halogenated alkanes) is 1. The van der Waals surface area contributed by atoms with Crippen LogP contribution in [0.5, 0.6) is 11.5 Å². The number of hydrogen-bond donors (Lipinski definition) is 1. The predicted octanol–water partition coefficient (Wildman–Crippen LogP) is 4.32. The minimum absolute atomic E-state index is 0.0104. The van der Waals surface area contributed by atoms with E-state index in [0.717, 1.165) is 18.4 Å². The molecule has 6 nitrogen and oxygen atoms in total. The first-order valence-corrected chi connectivity index (χ1v) is 9.96. The first-order valence-electron chi connectivity index (χ1n) is 9.96. The molecule has 154 valence electrons. The summed E-state index contributed by atoms with van der Waals surface area (Å²) in [4.78, 5) is 13.0. The SMILES string of the molecule is CCCCOc1ccc([C@@H]2C(C#N)=C(N)OC3=C2C(=O)CC(C)(C)C3)cc1OC. The largest absolute Gasteiger partial charge is 0.493 e. The average Bonchev–Trinajstić information content (AvgIpc) is 2.66. The third-order valence-electron chi connectivity index (χ3n) is 5.35. The number of nitriles is 1. The van der Waals surface area contributed by atoms with E-state index in [1.165, 1.54) is 0 Å². The van der Waals surface area contributed by atoms with Crippen molar-refractivity contribution in [3.63, 3.8) is 0 Å². The summed E-state index contributed by atoms with van der Waals surface area (Å²) in [6, 6.07) is 7.65. The number of methoxy groups -OCH3 is 1. The molecule has 0 aromatic heterocycles. The number of Topliss-reactive ketones (excluding diaryl/α,β-unsaturated/α-hetero) is 1. The Morgan fingerprint density at radius 3 is 2.72 bits per heavy atom. The Morgan fingerprint density at radius 2 is 2.07 bits per heavy atom. The zero-order chi connectivity index (χ0) is 21.2. The molecule has 1 aliphatic heterocycles. The number of ketones is 1. The van der Waals surface area contributed by atoms with Crippen LogP contribution < -0.4 is 15.2 Å². The van der Waals surface area contributed by atoms with Crippen LogP contribution in [0.4, 0.5) is 0 Å². The summed E-state index contributed by atoms with van der Waals surface area (Å²) in [5.41, 5.74) is 7.40. The summed E-state index contributed by atoms with van der Waals surface area (Å²) in [5, 5.41) is 9.74. The second-order valence-electron chi connectivity index (χ2n) is 8.31. The van der Waals surface area contributed by atoms with Gasteiger partial charge in [0.15, 0.2) is 17.3 Å². The highest BCUT2D eigenvalue weighted by molar-refractivity contribution is 6.00. The number of carbonyl (C=O) groups excluding carboxylic acids is 1. The van der Waals surface area contributed by atoms with E-state index in [1.807, 2.05) is 32.0 Å². The Bertz CT molecular complexity index is 921. The third-order valence-corrected chi connectivity index (χ3v) is 5.35. The normalized spacial score (nSPS) is 20.7. The lowest BCUT2D eigenvalue weighted by Gasteiger charge is -2.37. The maximum absolute atomic E-state index is 13.0. The van der Waals surface area contributed by atoms with Crippen molar-refractivity contribution in [1.29, 1.82) is 5.26 Å². The molecule has 0 saturated heterocycles. The molecule has 1 aromatic carbocycles. The van der Waals surface area contributed by atoms with E-state index in [0.29, 0.717) is 42.3 Å². The monoisotopic (exact) mass is 396 g/mol. The second kappa shape index (κ2) is 8.20. The molecule has 0 unspecified atom stereocenters. The van der Waals surface area contributed by atoms with E-state index in [9.17, 15) is 10.1 Å². The molecule has 1 aromatic rings. The van der Waals surface area contributed by atoms with Crippen molar-refractivity contribution in [1.82, 2.24) is 0 Å². The molecule has 1 atom stereocenters. The van der Waals surface area contributed by atoms with Crippen LogP contribution in [0.25, 0.3) is 0 Å². The van der Waals surface area contributed by atoms with E-state index in [4.69, 9.17) is 19.9 Å². The highest BCUT2D eigenvalue weighted by Crippen LogP contribution is 2.48. The van der Waals surface area contributed by atoms with Gasteiger partial charge in [0, 0.05) is 18.4 Å². The molecule has 0 fully saturated rings. The standard InChI is InChI=1S/C23H28N2O4/c1-5-6-9-28-17-8-7-14(10-18(17)27-4)20-15(13-24)22(25)29-19-12-23(2,3)11-16(26)21(19)20/h7-8,10,20H,5-6,9,11-12,25H2,1-4H3/t20-/m1/s1. The molecule has 0 amide bonds. The molecule has 0 bridgehead atoms. The average molecular weight is 396 g/mol. The van der Waals surface area contributed by atoms with Gasteiger partial charge in [0.05, 0.1) is 19.6 Å². The number of hydrogen-bond acceptors (Lipinski definition) is 6. The van der Waals surface area contributed by atoms with Crippen LogP contribution in [0.15, 0.2) is 41.0 Å². The van der Waals surface area contributed by atoms with Crippen molar-refractivity contribution in [2.24, 2.45) is 11.1 Å². The Hall–Kier alpha value is -2.94. The molecular formula is C23H28N2O4. The summed E-state index contributed by atoms with van der Waals surface area (Å²) in [6.45, 7) is 6.75. The van der Waals surface area contributed by atoms with Crippen LogP contribution >= 0.6 is 0 Å². The first kappa shape index (κ1) is 20.8. The summed E-state index contributed by atoms with van der Waals surface area (Å²) in [7, 11) is 1.57. The van der Waals surface area contributed by atoms with Crippen molar-refractivity contribution >= 4 is 5.78 Å². The van der Waals surface area contributed by atoms with Gasteiger partial charge in [0.2, 0.25) is 5.88 Å². The first-order chi connectivity index (χ1) is 13.8. The molecule has 6 heteroatoms. The fraction of sp³-hybridized carbons (Fsp3) is 0.478. The van der Waals surface area contributed by atoms with E-state index >= 15 is 0 Å². The molecule has 29 heavy (non-hydrogen) atoms. The zero-order valence-electron chi connectivity index (χ0n) is 17.5. The third kappa shape index (κ3) is 4.09. The minimum atomic E-state index is -0.564. The van der Waals surface area contributed by atoms with Gasteiger partial charge in [-0.2, -0.15) is 5.26 Å². The van der Waals surface area contributed by atoms with Gasteiger partial charge >= 0.3 is 0 Å². The number of allylic oxidation sites excluding steroid dienone is 3. The van der Waals surface area contributed by atoms with E-state index in [1.54, 1.807) is 7.11 Å². The van der Waals surface area contributed by atoms with Gasteiger partial charge in [-0.15, -0.1) is 0 Å². The lowest BCUT2D eigenvalue weighted by atomic mass is 9.70. The number of ether oxygens (including phenoxy) is 3. The molecular weight excluding hydrogens is 368 g/mol. The summed E-state index contributed by atoms with van der Waals surface area (Å²) < 4.78 is 17.1. The van der Waals surface area contributed by atoms with Gasteiger partial charge < -0.3 is 19.9 Å². The molecule has 2 aliphatic rings. The number of rotatable bonds is 6. The molecule has 1 aliphatic carbocycles. The van der Waals surface area contributed by atoms with Crippen LogP contribution in [0.2, 0.25) is 0 Å². The minimum Gasteiger partial charge on any atom is -0.493 e. The van der Waals surface area contributed by atoms with E-state index in [-0.39, 0.29) is 22.7 Å². The van der Waals surface area contributed by atoms with Gasteiger partial charge in [-0.1, -0.05) is 33.3 Å². The molecule has 3 rings (SSSR count). The maximum atomic E-state index is 13.0. The fourth-order valence-corrected chi connectivity index (χ4v) is 3.93. The maximum Gasteiger partial charge on any atom is 0.205 e. The number of benzene rings is 1. The van der Waals surface area contributed by atoms with Gasteiger partial charge in [-0.25, -0.2) is 0 Å². The Balaban J connectivity index is 2.06. The van der Waals surface area contributed by atoms with Crippen LogP contribution in [0.3, 0.4) is 0 Å². The zero-order valence-corrected chi connectivity index (χ0v) is 17.5. The van der Waals surface area contributed by atoms with E-state index in [2.05, 4.69) is 13.0 Å². The topological polar surface area (TPSA) is 94.6 Å². The predicted molar refractivity (Wildman–Crippen MR) is 109 cm³/mol. The quantitative estimate of drug-likeness (QED) is 0.720. The molecule has 2 N–H and O–H groups in total. The molecule has 0 spiro atoms. The summed E-state index contributed by atoms with van der Waals surface area (Å²) in [5.74, 6) is 1.25. The smallest absolute Gasteiger partial charge is 0.205 e. The van der Waals surface area contributed by atoms with Crippen molar-refractivity contribution in [2.75, 3.05) is 13.7 Å². The van der Waals surface area contributed by atoms with Crippen LogP contribution in [-0.4, -0.2) is 19.5 Å². The molecule has 0 saturated carbocycles. The molecule has 1 heterocycles.